The van der Waals surface area contributed by atoms with E-state index in [0.717, 1.165) is 6.42 Å². The van der Waals surface area contributed by atoms with Crippen LogP contribution in [0.2, 0.25) is 0 Å². The summed E-state index contributed by atoms with van der Waals surface area (Å²) in [4.78, 5) is 12.6. The fourth-order valence-corrected chi connectivity index (χ4v) is 1.93. The SMILES string of the molecule is COCCNCC(=O)NCCc1cccs1. The molecule has 0 saturated heterocycles. The lowest BCUT2D eigenvalue weighted by molar-refractivity contribution is -0.120. The zero-order valence-electron chi connectivity index (χ0n) is 9.49. The van der Waals surface area contributed by atoms with Crippen LogP contribution in [0.1, 0.15) is 4.88 Å². The van der Waals surface area contributed by atoms with Crippen LogP contribution in [0.5, 0.6) is 0 Å². The first-order chi connectivity index (χ1) is 7.83. The number of carbonyl (C=O) groups is 1. The molecule has 0 unspecified atom stereocenters. The minimum absolute atomic E-state index is 0.0349. The second-order valence-corrected chi connectivity index (χ2v) is 4.38. The predicted octanol–water partition coefficient (Wildman–Crippen LogP) is 0.643. The van der Waals surface area contributed by atoms with Crippen molar-refractivity contribution in [3.63, 3.8) is 0 Å². The van der Waals surface area contributed by atoms with Crippen LogP contribution in [0, 0.1) is 0 Å². The maximum atomic E-state index is 11.3. The summed E-state index contributed by atoms with van der Waals surface area (Å²) in [5.41, 5.74) is 0. The summed E-state index contributed by atoms with van der Waals surface area (Å²) in [5, 5.41) is 7.90. The van der Waals surface area contributed by atoms with Crippen LogP contribution in [0.15, 0.2) is 17.5 Å². The third-order valence-corrected chi connectivity index (χ3v) is 2.98. The molecule has 0 aromatic carbocycles. The lowest BCUT2D eigenvalue weighted by atomic mass is 10.3. The highest BCUT2D eigenvalue weighted by molar-refractivity contribution is 7.09. The Morgan fingerprint density at radius 2 is 2.38 bits per heavy atom. The van der Waals surface area contributed by atoms with Gasteiger partial charge in [0.15, 0.2) is 0 Å². The van der Waals surface area contributed by atoms with Gasteiger partial charge in [-0.2, -0.15) is 0 Å². The van der Waals surface area contributed by atoms with E-state index >= 15 is 0 Å². The van der Waals surface area contributed by atoms with Gasteiger partial charge in [0.1, 0.15) is 0 Å². The monoisotopic (exact) mass is 242 g/mol. The van der Waals surface area contributed by atoms with Gasteiger partial charge in [-0.3, -0.25) is 4.79 Å². The largest absolute Gasteiger partial charge is 0.383 e. The molecule has 1 amide bonds. The molecule has 1 aromatic rings. The molecular weight excluding hydrogens is 224 g/mol. The molecule has 0 spiro atoms. The number of thiophene rings is 1. The third-order valence-electron chi connectivity index (χ3n) is 2.04. The predicted molar refractivity (Wildman–Crippen MR) is 65.8 cm³/mol. The van der Waals surface area contributed by atoms with E-state index in [9.17, 15) is 4.79 Å². The maximum Gasteiger partial charge on any atom is 0.233 e. The number of hydrogen-bond acceptors (Lipinski definition) is 4. The van der Waals surface area contributed by atoms with Gasteiger partial charge in [0.2, 0.25) is 5.91 Å². The van der Waals surface area contributed by atoms with E-state index in [2.05, 4.69) is 16.7 Å². The normalized spacial score (nSPS) is 10.3. The smallest absolute Gasteiger partial charge is 0.233 e. The van der Waals surface area contributed by atoms with Crippen molar-refractivity contribution in [3.05, 3.63) is 22.4 Å². The number of amides is 1. The van der Waals surface area contributed by atoms with E-state index in [1.165, 1.54) is 4.88 Å². The second kappa shape index (κ2) is 8.27. The molecule has 1 aromatic heterocycles. The van der Waals surface area contributed by atoms with Gasteiger partial charge in [-0.1, -0.05) is 6.07 Å². The highest BCUT2D eigenvalue weighted by Gasteiger charge is 2.00. The summed E-state index contributed by atoms with van der Waals surface area (Å²) >= 11 is 1.72. The van der Waals surface area contributed by atoms with Crippen molar-refractivity contribution in [2.75, 3.05) is 33.4 Å². The van der Waals surface area contributed by atoms with Crippen LogP contribution in [-0.4, -0.2) is 39.3 Å². The topological polar surface area (TPSA) is 50.4 Å². The minimum Gasteiger partial charge on any atom is -0.383 e. The summed E-state index contributed by atoms with van der Waals surface area (Å²) in [5.74, 6) is 0.0349. The fraction of sp³-hybridized carbons (Fsp3) is 0.545. The molecule has 0 aliphatic heterocycles. The van der Waals surface area contributed by atoms with Gasteiger partial charge < -0.3 is 15.4 Å². The van der Waals surface area contributed by atoms with Crippen LogP contribution in [-0.2, 0) is 16.0 Å². The lowest BCUT2D eigenvalue weighted by Gasteiger charge is -2.05. The van der Waals surface area contributed by atoms with Crippen LogP contribution in [0.4, 0.5) is 0 Å². The van der Waals surface area contributed by atoms with Crippen LogP contribution in [0.3, 0.4) is 0 Å². The minimum atomic E-state index is 0.0349. The van der Waals surface area contributed by atoms with E-state index in [0.29, 0.717) is 26.2 Å². The van der Waals surface area contributed by atoms with Crippen molar-refractivity contribution in [2.45, 2.75) is 6.42 Å². The second-order valence-electron chi connectivity index (χ2n) is 3.35. The first-order valence-electron chi connectivity index (χ1n) is 5.31. The molecule has 0 atom stereocenters. The molecule has 5 heteroatoms. The van der Waals surface area contributed by atoms with Crippen LogP contribution >= 0.6 is 11.3 Å². The Labute approximate surface area is 100 Å². The van der Waals surface area contributed by atoms with Gasteiger partial charge in [-0.15, -0.1) is 11.3 Å². The summed E-state index contributed by atoms with van der Waals surface area (Å²) < 4.78 is 4.86. The molecule has 2 N–H and O–H groups in total. The molecule has 0 aliphatic rings. The molecule has 4 nitrogen and oxygen atoms in total. The van der Waals surface area contributed by atoms with Crippen LogP contribution in [0.25, 0.3) is 0 Å². The Kier molecular flexibility index (Phi) is 6.80. The third kappa shape index (κ3) is 5.85. The maximum absolute atomic E-state index is 11.3. The van der Waals surface area contributed by atoms with Gasteiger partial charge >= 0.3 is 0 Å². The van der Waals surface area contributed by atoms with Crippen molar-refractivity contribution >= 4 is 17.2 Å². The Hall–Kier alpha value is -0.910. The number of ether oxygens (including phenoxy) is 1. The van der Waals surface area contributed by atoms with Gasteiger partial charge in [0.05, 0.1) is 13.2 Å². The molecule has 0 aliphatic carbocycles. The number of methoxy groups -OCH3 is 1. The molecule has 1 rings (SSSR count). The number of nitrogens with one attached hydrogen (secondary N) is 2. The zero-order chi connectivity index (χ0) is 11.6. The van der Waals surface area contributed by atoms with Crippen molar-refractivity contribution in [1.82, 2.24) is 10.6 Å². The highest BCUT2D eigenvalue weighted by Crippen LogP contribution is 2.07. The molecule has 16 heavy (non-hydrogen) atoms. The summed E-state index contributed by atoms with van der Waals surface area (Å²) in [7, 11) is 1.64. The Balaban J connectivity index is 1.98. The zero-order valence-corrected chi connectivity index (χ0v) is 10.3. The van der Waals surface area contributed by atoms with E-state index < -0.39 is 0 Å². The van der Waals surface area contributed by atoms with Gasteiger partial charge in [0.25, 0.3) is 0 Å². The average Bonchev–Trinajstić information content (AvgIpc) is 2.77. The summed E-state index contributed by atoms with van der Waals surface area (Å²) in [6, 6.07) is 4.10. The Morgan fingerprint density at radius 1 is 1.50 bits per heavy atom. The van der Waals surface area contributed by atoms with E-state index in [1.807, 2.05) is 11.4 Å². The molecular formula is C11H18N2O2S. The van der Waals surface area contributed by atoms with E-state index in [-0.39, 0.29) is 5.91 Å². The first-order valence-corrected chi connectivity index (χ1v) is 6.19. The van der Waals surface area contributed by atoms with E-state index in [4.69, 9.17) is 4.74 Å². The molecule has 1 heterocycles. The summed E-state index contributed by atoms with van der Waals surface area (Å²) in [6.07, 6.45) is 0.904. The standard InChI is InChI=1S/C11H18N2O2S/c1-15-7-6-12-9-11(14)13-5-4-10-3-2-8-16-10/h2-3,8,12H,4-7,9H2,1H3,(H,13,14). The Bertz CT molecular complexity index is 288. The average molecular weight is 242 g/mol. The number of carbonyl (C=O) groups excluding carboxylic acids is 1. The number of rotatable bonds is 8. The lowest BCUT2D eigenvalue weighted by Crippen LogP contribution is -2.36. The fourth-order valence-electron chi connectivity index (χ4n) is 1.22. The van der Waals surface area contributed by atoms with Crippen molar-refractivity contribution in [1.29, 1.82) is 0 Å². The van der Waals surface area contributed by atoms with Gasteiger partial charge in [0, 0.05) is 25.1 Å². The van der Waals surface area contributed by atoms with Crippen molar-refractivity contribution < 1.29 is 9.53 Å². The number of hydrogen-bond donors (Lipinski definition) is 2. The quantitative estimate of drug-likeness (QED) is 0.658. The van der Waals surface area contributed by atoms with Crippen LogP contribution < -0.4 is 10.6 Å². The molecule has 0 bridgehead atoms. The molecule has 0 saturated carbocycles. The van der Waals surface area contributed by atoms with Crippen molar-refractivity contribution in [2.24, 2.45) is 0 Å². The molecule has 0 radical (unpaired) electrons. The molecule has 90 valence electrons. The van der Waals surface area contributed by atoms with Gasteiger partial charge in [-0.05, 0) is 17.9 Å². The van der Waals surface area contributed by atoms with E-state index in [1.54, 1.807) is 18.4 Å². The van der Waals surface area contributed by atoms with Gasteiger partial charge in [-0.25, -0.2) is 0 Å². The molecule has 0 fully saturated rings. The highest BCUT2D eigenvalue weighted by atomic mass is 32.1. The van der Waals surface area contributed by atoms with Crippen molar-refractivity contribution in [3.8, 4) is 0 Å². The Morgan fingerprint density at radius 3 is 3.06 bits per heavy atom. The first kappa shape index (κ1) is 13.2. The summed E-state index contributed by atoms with van der Waals surface area (Å²) in [6.45, 7) is 2.39.